The second-order valence-electron chi connectivity index (χ2n) is 3.18. The Kier molecular flexibility index (Phi) is 2.64. The van der Waals surface area contributed by atoms with Gasteiger partial charge in [0.05, 0.1) is 6.20 Å². The van der Waals surface area contributed by atoms with Gasteiger partial charge in [-0.1, -0.05) is 0 Å². The van der Waals surface area contributed by atoms with Gasteiger partial charge in [-0.15, -0.1) is 11.6 Å². The van der Waals surface area contributed by atoms with Crippen molar-refractivity contribution in [3.05, 3.63) is 18.6 Å². The zero-order valence-corrected chi connectivity index (χ0v) is 8.11. The minimum Gasteiger partial charge on any atom is -0.351 e. The molecule has 1 heterocycles. The van der Waals surface area contributed by atoms with Crippen molar-refractivity contribution in [1.29, 1.82) is 0 Å². The van der Waals surface area contributed by atoms with E-state index in [9.17, 15) is 0 Å². The fraction of sp³-hybridized carbons (Fsp3) is 0.556. The fourth-order valence-corrected chi connectivity index (χ4v) is 1.58. The topological polar surface area (TPSA) is 29.0 Å². The van der Waals surface area contributed by atoms with E-state index in [0.29, 0.717) is 11.9 Å². The lowest BCUT2D eigenvalue weighted by Gasteiger charge is -2.21. The maximum Gasteiger partial charge on any atom is 0.147 e. The highest BCUT2D eigenvalue weighted by Crippen LogP contribution is 2.29. The highest BCUT2D eigenvalue weighted by molar-refractivity contribution is 6.18. The third-order valence-electron chi connectivity index (χ3n) is 2.16. The van der Waals surface area contributed by atoms with Crippen LogP contribution >= 0.6 is 11.6 Å². The standard InChI is InChI=1S/C9H12ClN3/c10-3-6-13(8-1-2-8)9-7-11-4-5-12-9/h4-5,7-8H,1-3,6H2. The number of rotatable bonds is 4. The molecule has 0 aliphatic heterocycles. The zero-order valence-electron chi connectivity index (χ0n) is 7.36. The molecule has 0 amide bonds. The molecular weight excluding hydrogens is 186 g/mol. The van der Waals surface area contributed by atoms with E-state index in [1.165, 1.54) is 12.8 Å². The Hall–Kier alpha value is -0.830. The van der Waals surface area contributed by atoms with Crippen LogP contribution in [0.25, 0.3) is 0 Å². The zero-order chi connectivity index (χ0) is 9.10. The van der Waals surface area contributed by atoms with Crippen molar-refractivity contribution in [2.45, 2.75) is 18.9 Å². The molecule has 1 fully saturated rings. The van der Waals surface area contributed by atoms with Gasteiger partial charge in [0.25, 0.3) is 0 Å². The normalized spacial score (nSPS) is 15.8. The Labute approximate surface area is 82.8 Å². The van der Waals surface area contributed by atoms with Gasteiger partial charge in [-0.2, -0.15) is 0 Å². The Morgan fingerprint density at radius 1 is 1.46 bits per heavy atom. The second-order valence-corrected chi connectivity index (χ2v) is 3.56. The van der Waals surface area contributed by atoms with E-state index in [-0.39, 0.29) is 0 Å². The number of hydrogen-bond donors (Lipinski definition) is 0. The maximum absolute atomic E-state index is 5.73. The lowest BCUT2D eigenvalue weighted by atomic mass is 10.4. The van der Waals surface area contributed by atoms with Crippen LogP contribution in [0, 0.1) is 0 Å². The van der Waals surface area contributed by atoms with Crippen LogP contribution in [0.1, 0.15) is 12.8 Å². The van der Waals surface area contributed by atoms with E-state index in [1.54, 1.807) is 18.6 Å². The quantitative estimate of drug-likeness (QED) is 0.688. The lowest BCUT2D eigenvalue weighted by Crippen LogP contribution is -2.28. The second kappa shape index (κ2) is 3.92. The van der Waals surface area contributed by atoms with E-state index < -0.39 is 0 Å². The molecule has 70 valence electrons. The van der Waals surface area contributed by atoms with Gasteiger partial charge in [0, 0.05) is 30.9 Å². The van der Waals surface area contributed by atoms with Crippen molar-refractivity contribution >= 4 is 17.4 Å². The van der Waals surface area contributed by atoms with Gasteiger partial charge in [0.2, 0.25) is 0 Å². The van der Waals surface area contributed by atoms with Crippen LogP contribution in [0.2, 0.25) is 0 Å². The Bertz CT molecular complexity index is 261. The monoisotopic (exact) mass is 197 g/mol. The third kappa shape index (κ3) is 2.10. The van der Waals surface area contributed by atoms with E-state index in [2.05, 4.69) is 14.9 Å². The van der Waals surface area contributed by atoms with E-state index in [4.69, 9.17) is 11.6 Å². The van der Waals surface area contributed by atoms with Gasteiger partial charge in [-0.25, -0.2) is 4.98 Å². The summed E-state index contributed by atoms with van der Waals surface area (Å²) in [6.45, 7) is 0.866. The molecule has 0 spiro atoms. The molecule has 0 aromatic carbocycles. The average Bonchev–Trinajstić information content (AvgIpc) is 2.99. The molecule has 2 rings (SSSR count). The van der Waals surface area contributed by atoms with Crippen molar-refractivity contribution in [1.82, 2.24) is 9.97 Å². The van der Waals surface area contributed by atoms with Crippen LogP contribution in [-0.4, -0.2) is 28.4 Å². The lowest BCUT2D eigenvalue weighted by molar-refractivity contribution is 0.807. The van der Waals surface area contributed by atoms with Gasteiger partial charge >= 0.3 is 0 Å². The van der Waals surface area contributed by atoms with Gasteiger partial charge < -0.3 is 4.90 Å². The van der Waals surface area contributed by atoms with Crippen LogP contribution in [0.4, 0.5) is 5.82 Å². The predicted molar refractivity (Wildman–Crippen MR) is 53.1 cm³/mol. The molecule has 0 radical (unpaired) electrons. The summed E-state index contributed by atoms with van der Waals surface area (Å²) < 4.78 is 0. The summed E-state index contributed by atoms with van der Waals surface area (Å²) in [7, 11) is 0. The Balaban J connectivity index is 2.10. The minimum absolute atomic E-state index is 0.646. The van der Waals surface area contributed by atoms with Crippen LogP contribution in [0.3, 0.4) is 0 Å². The molecule has 4 heteroatoms. The molecule has 1 aromatic heterocycles. The highest BCUT2D eigenvalue weighted by atomic mass is 35.5. The van der Waals surface area contributed by atoms with Gasteiger partial charge in [-0.05, 0) is 12.8 Å². The van der Waals surface area contributed by atoms with E-state index in [1.807, 2.05) is 0 Å². The summed E-state index contributed by atoms with van der Waals surface area (Å²) in [5.41, 5.74) is 0. The number of nitrogens with zero attached hydrogens (tertiary/aromatic N) is 3. The Morgan fingerprint density at radius 2 is 2.31 bits per heavy atom. The minimum atomic E-state index is 0.646. The molecule has 3 nitrogen and oxygen atoms in total. The van der Waals surface area contributed by atoms with Crippen LogP contribution in [0.5, 0.6) is 0 Å². The highest BCUT2D eigenvalue weighted by Gasteiger charge is 2.29. The molecule has 0 atom stereocenters. The summed E-state index contributed by atoms with van der Waals surface area (Å²) in [6.07, 6.45) is 7.72. The fourth-order valence-electron chi connectivity index (χ4n) is 1.40. The summed E-state index contributed by atoms with van der Waals surface area (Å²) in [6, 6.07) is 0.649. The van der Waals surface area contributed by atoms with Crippen molar-refractivity contribution in [2.75, 3.05) is 17.3 Å². The van der Waals surface area contributed by atoms with Gasteiger partial charge in [0.1, 0.15) is 5.82 Å². The smallest absolute Gasteiger partial charge is 0.147 e. The number of halogens is 1. The number of alkyl halides is 1. The van der Waals surface area contributed by atoms with Gasteiger partial charge in [0.15, 0.2) is 0 Å². The molecule has 1 aliphatic rings. The largest absolute Gasteiger partial charge is 0.351 e. The summed E-state index contributed by atoms with van der Waals surface area (Å²) in [5.74, 6) is 1.60. The van der Waals surface area contributed by atoms with E-state index in [0.717, 1.165) is 12.4 Å². The Morgan fingerprint density at radius 3 is 2.85 bits per heavy atom. The first-order valence-corrected chi connectivity index (χ1v) is 5.04. The van der Waals surface area contributed by atoms with Crippen molar-refractivity contribution < 1.29 is 0 Å². The summed E-state index contributed by atoms with van der Waals surface area (Å²) in [5, 5.41) is 0. The maximum atomic E-state index is 5.73. The van der Waals surface area contributed by atoms with Gasteiger partial charge in [-0.3, -0.25) is 4.98 Å². The van der Waals surface area contributed by atoms with Crippen molar-refractivity contribution in [3.8, 4) is 0 Å². The summed E-state index contributed by atoms with van der Waals surface area (Å²) >= 11 is 5.73. The van der Waals surface area contributed by atoms with Crippen LogP contribution < -0.4 is 4.90 Å². The molecule has 0 N–H and O–H groups in total. The molecule has 0 saturated heterocycles. The number of aromatic nitrogens is 2. The van der Waals surface area contributed by atoms with Crippen molar-refractivity contribution in [3.63, 3.8) is 0 Å². The van der Waals surface area contributed by atoms with Crippen LogP contribution in [-0.2, 0) is 0 Å². The first-order valence-electron chi connectivity index (χ1n) is 4.50. The first kappa shape index (κ1) is 8.75. The van der Waals surface area contributed by atoms with Crippen molar-refractivity contribution in [2.24, 2.45) is 0 Å². The molecule has 1 saturated carbocycles. The molecule has 0 unspecified atom stereocenters. The average molecular weight is 198 g/mol. The predicted octanol–water partition coefficient (Wildman–Crippen LogP) is 1.68. The first-order chi connectivity index (χ1) is 6.42. The molecule has 1 aromatic rings. The third-order valence-corrected chi connectivity index (χ3v) is 2.33. The summed E-state index contributed by atoms with van der Waals surface area (Å²) in [4.78, 5) is 10.6. The molecule has 0 bridgehead atoms. The number of hydrogen-bond acceptors (Lipinski definition) is 3. The number of anilines is 1. The SMILES string of the molecule is ClCCN(c1cnccn1)C1CC1. The van der Waals surface area contributed by atoms with Crippen LogP contribution in [0.15, 0.2) is 18.6 Å². The molecular formula is C9H12ClN3. The molecule has 13 heavy (non-hydrogen) atoms. The molecule has 1 aliphatic carbocycles. The van der Waals surface area contributed by atoms with E-state index >= 15 is 0 Å².